The Morgan fingerprint density at radius 1 is 1.00 bits per heavy atom. The zero-order valence-electron chi connectivity index (χ0n) is 14.4. The van der Waals surface area contributed by atoms with Crippen molar-refractivity contribution in [1.82, 2.24) is 4.90 Å². The van der Waals surface area contributed by atoms with Crippen LogP contribution in [0.3, 0.4) is 0 Å². The van der Waals surface area contributed by atoms with Crippen molar-refractivity contribution >= 4 is 23.5 Å². The van der Waals surface area contributed by atoms with Gasteiger partial charge in [0.2, 0.25) is 0 Å². The van der Waals surface area contributed by atoms with Gasteiger partial charge in [0.05, 0.1) is 10.6 Å². The number of amides is 1. The molecule has 0 unspecified atom stereocenters. The molecule has 2 aromatic rings. The maximum Gasteiger partial charge on any atom is 0.573 e. The Hall–Kier alpha value is -2.74. The first kappa shape index (κ1) is 20.0. The summed E-state index contributed by atoms with van der Waals surface area (Å²) >= 11 is 6.24. The van der Waals surface area contributed by atoms with Crippen LogP contribution in [0.15, 0.2) is 36.4 Å². The quantitative estimate of drug-likeness (QED) is 0.778. The van der Waals surface area contributed by atoms with Crippen molar-refractivity contribution in [1.29, 1.82) is 0 Å². The minimum Gasteiger partial charge on any atom is -0.478 e. The number of aromatic carboxylic acids is 1. The van der Waals surface area contributed by atoms with Gasteiger partial charge in [-0.2, -0.15) is 0 Å². The van der Waals surface area contributed by atoms with E-state index in [1.165, 1.54) is 18.2 Å². The average molecular weight is 414 g/mol. The van der Waals surface area contributed by atoms with E-state index in [4.69, 9.17) is 11.6 Å². The van der Waals surface area contributed by atoms with E-state index in [0.717, 1.165) is 25.0 Å². The third-order valence-electron chi connectivity index (χ3n) is 4.36. The van der Waals surface area contributed by atoms with E-state index in [9.17, 15) is 27.9 Å². The Morgan fingerprint density at radius 3 is 2.18 bits per heavy atom. The van der Waals surface area contributed by atoms with E-state index < -0.39 is 23.6 Å². The summed E-state index contributed by atoms with van der Waals surface area (Å²) in [5.74, 6) is -2.56. The molecule has 1 heterocycles. The molecule has 9 heteroatoms. The molecule has 1 saturated heterocycles. The van der Waals surface area contributed by atoms with Crippen LogP contribution >= 0.6 is 11.6 Å². The van der Waals surface area contributed by atoms with Crippen LogP contribution in [0, 0.1) is 0 Å². The zero-order chi connectivity index (χ0) is 20.5. The van der Waals surface area contributed by atoms with E-state index in [-0.39, 0.29) is 10.9 Å². The van der Waals surface area contributed by atoms with Crippen LogP contribution in [0.4, 0.5) is 13.2 Å². The van der Waals surface area contributed by atoms with Gasteiger partial charge in [-0.1, -0.05) is 23.7 Å². The summed E-state index contributed by atoms with van der Waals surface area (Å²) in [6, 6.07) is 7.87. The van der Waals surface area contributed by atoms with Crippen molar-refractivity contribution in [2.75, 3.05) is 13.1 Å². The minimum absolute atomic E-state index is 0.182. The molecule has 1 N–H and O–H groups in total. The molecule has 0 aliphatic carbocycles. The Kier molecular flexibility index (Phi) is 5.51. The number of carboxylic acid groups (broad SMARTS) is 1. The highest BCUT2D eigenvalue weighted by Gasteiger charge is 2.33. The van der Waals surface area contributed by atoms with Gasteiger partial charge >= 0.3 is 12.3 Å². The molecule has 1 amide bonds. The van der Waals surface area contributed by atoms with Crippen molar-refractivity contribution < 1.29 is 32.6 Å². The first-order valence-electron chi connectivity index (χ1n) is 8.38. The number of hydrogen-bond acceptors (Lipinski definition) is 3. The van der Waals surface area contributed by atoms with Crippen molar-refractivity contribution in [3.63, 3.8) is 0 Å². The zero-order valence-corrected chi connectivity index (χ0v) is 15.2. The lowest BCUT2D eigenvalue weighted by Gasteiger charge is -2.17. The van der Waals surface area contributed by atoms with E-state index in [1.807, 2.05) is 0 Å². The average Bonchev–Trinajstić information content (AvgIpc) is 3.14. The monoisotopic (exact) mass is 413 g/mol. The SMILES string of the molecule is O=C(O)c1cc(-c2ccc(C(=O)N3CCCC3)c(Cl)c2)ccc1OC(F)(F)F. The highest BCUT2D eigenvalue weighted by Crippen LogP contribution is 2.32. The molecule has 3 rings (SSSR count). The smallest absolute Gasteiger partial charge is 0.478 e. The van der Waals surface area contributed by atoms with Gasteiger partial charge in [0, 0.05) is 13.1 Å². The molecule has 1 fully saturated rings. The lowest BCUT2D eigenvalue weighted by molar-refractivity contribution is -0.274. The summed E-state index contributed by atoms with van der Waals surface area (Å²) in [7, 11) is 0. The molecule has 2 aromatic carbocycles. The van der Waals surface area contributed by atoms with Gasteiger partial charge in [-0.05, 0) is 48.2 Å². The molecule has 148 valence electrons. The Balaban J connectivity index is 1.93. The number of carboxylic acids is 1. The van der Waals surface area contributed by atoms with Crippen LogP contribution in [0.1, 0.15) is 33.6 Å². The number of benzene rings is 2. The fraction of sp³-hybridized carbons (Fsp3) is 0.263. The van der Waals surface area contributed by atoms with Crippen molar-refractivity contribution in [3.05, 3.63) is 52.5 Å². The van der Waals surface area contributed by atoms with Crippen LogP contribution in [0.5, 0.6) is 5.75 Å². The van der Waals surface area contributed by atoms with Gasteiger partial charge in [-0.25, -0.2) is 4.79 Å². The Morgan fingerprint density at radius 2 is 1.61 bits per heavy atom. The summed E-state index contributed by atoms with van der Waals surface area (Å²) in [6.45, 7) is 1.33. The second-order valence-corrected chi connectivity index (χ2v) is 6.67. The molecule has 0 saturated carbocycles. The molecule has 1 aliphatic heterocycles. The number of ether oxygens (including phenoxy) is 1. The van der Waals surface area contributed by atoms with Crippen molar-refractivity contribution in [3.8, 4) is 16.9 Å². The number of likely N-dealkylation sites (tertiary alicyclic amines) is 1. The van der Waals surface area contributed by atoms with Gasteiger partial charge < -0.3 is 14.7 Å². The van der Waals surface area contributed by atoms with E-state index >= 15 is 0 Å². The van der Waals surface area contributed by atoms with Crippen LogP contribution in [-0.4, -0.2) is 41.3 Å². The number of nitrogens with zero attached hydrogens (tertiary/aromatic N) is 1. The fourth-order valence-electron chi connectivity index (χ4n) is 3.05. The third kappa shape index (κ3) is 4.39. The number of hydrogen-bond donors (Lipinski definition) is 1. The van der Waals surface area contributed by atoms with Gasteiger partial charge in [-0.15, -0.1) is 13.2 Å². The summed E-state index contributed by atoms with van der Waals surface area (Å²) in [5, 5.41) is 9.39. The van der Waals surface area contributed by atoms with Crippen LogP contribution in [-0.2, 0) is 0 Å². The van der Waals surface area contributed by atoms with Gasteiger partial charge in [0.1, 0.15) is 11.3 Å². The van der Waals surface area contributed by atoms with Crippen molar-refractivity contribution in [2.45, 2.75) is 19.2 Å². The second kappa shape index (κ2) is 7.71. The molecule has 0 spiro atoms. The number of halogens is 4. The predicted molar refractivity (Wildman–Crippen MR) is 95.7 cm³/mol. The molecule has 28 heavy (non-hydrogen) atoms. The van der Waals surface area contributed by atoms with E-state index in [1.54, 1.807) is 11.0 Å². The van der Waals surface area contributed by atoms with E-state index in [0.29, 0.717) is 29.8 Å². The highest BCUT2D eigenvalue weighted by atomic mass is 35.5. The Labute approximate surface area is 163 Å². The first-order chi connectivity index (χ1) is 13.2. The predicted octanol–water partition coefficient (Wildman–Crippen LogP) is 4.84. The molecule has 1 aliphatic rings. The second-order valence-electron chi connectivity index (χ2n) is 6.26. The van der Waals surface area contributed by atoms with Crippen LogP contribution < -0.4 is 4.74 Å². The van der Waals surface area contributed by atoms with Crippen molar-refractivity contribution in [2.24, 2.45) is 0 Å². The summed E-state index contributed by atoms with van der Waals surface area (Å²) < 4.78 is 41.1. The molecule has 0 radical (unpaired) electrons. The van der Waals surface area contributed by atoms with Crippen LogP contribution in [0.25, 0.3) is 11.1 Å². The summed E-state index contributed by atoms with van der Waals surface area (Å²) in [6.07, 6.45) is -3.13. The normalized spacial score (nSPS) is 14.2. The lowest BCUT2D eigenvalue weighted by Crippen LogP contribution is -2.27. The number of alkyl halides is 3. The standard InChI is InChI=1S/C19H15ClF3NO4/c20-15-10-12(3-5-13(15)17(25)24-7-1-2-8-24)11-4-6-16(28-19(21,22)23)14(9-11)18(26)27/h3-6,9-10H,1-2,7-8H2,(H,26,27). The third-order valence-corrected chi connectivity index (χ3v) is 4.67. The highest BCUT2D eigenvalue weighted by molar-refractivity contribution is 6.34. The number of rotatable bonds is 4. The van der Waals surface area contributed by atoms with Gasteiger partial charge in [0.15, 0.2) is 0 Å². The fourth-order valence-corrected chi connectivity index (χ4v) is 3.31. The van der Waals surface area contributed by atoms with Crippen LogP contribution in [0.2, 0.25) is 5.02 Å². The molecular weight excluding hydrogens is 399 g/mol. The summed E-state index contributed by atoms with van der Waals surface area (Å²) in [5.41, 5.74) is 0.476. The number of carbonyl (C=O) groups excluding carboxylic acids is 1. The topological polar surface area (TPSA) is 66.8 Å². The number of carbonyl (C=O) groups is 2. The molecule has 0 bridgehead atoms. The van der Waals surface area contributed by atoms with Gasteiger partial charge in [-0.3, -0.25) is 4.79 Å². The van der Waals surface area contributed by atoms with E-state index in [2.05, 4.69) is 4.74 Å². The minimum atomic E-state index is -5.01. The lowest BCUT2D eigenvalue weighted by atomic mass is 10.0. The maximum absolute atomic E-state index is 12.5. The molecule has 5 nitrogen and oxygen atoms in total. The summed E-state index contributed by atoms with van der Waals surface area (Å²) in [4.78, 5) is 25.5. The maximum atomic E-state index is 12.5. The Bertz CT molecular complexity index is 924. The molecule has 0 aromatic heterocycles. The largest absolute Gasteiger partial charge is 0.573 e. The molecular formula is C19H15ClF3NO4. The first-order valence-corrected chi connectivity index (χ1v) is 8.76. The van der Waals surface area contributed by atoms with Gasteiger partial charge in [0.25, 0.3) is 5.91 Å². The molecule has 0 atom stereocenters.